The number of anilines is 2. The summed E-state index contributed by atoms with van der Waals surface area (Å²) in [7, 11) is 0. The molecule has 20 heavy (non-hydrogen) atoms. The standard InChI is InChI=1S/C14H8Br2ClN3/c15-9-4-8-2-1-3-12(13(8)18-6-9)20-14-11(16)5-10(17)7-19-14/h1-7H,(H,19,20). The van der Waals surface area contributed by atoms with E-state index >= 15 is 0 Å². The third-order valence-corrected chi connectivity index (χ3v) is 3.98. The molecule has 2 aromatic heterocycles. The molecule has 3 aromatic rings. The van der Waals surface area contributed by atoms with E-state index in [9.17, 15) is 0 Å². The van der Waals surface area contributed by atoms with Gasteiger partial charge in [0.2, 0.25) is 0 Å². The molecule has 0 unspecified atom stereocenters. The van der Waals surface area contributed by atoms with Crippen LogP contribution in [-0.2, 0) is 0 Å². The molecule has 0 spiro atoms. The molecule has 1 N–H and O–H groups in total. The first-order chi connectivity index (χ1) is 9.63. The van der Waals surface area contributed by atoms with Gasteiger partial charge in [0.05, 0.1) is 20.7 Å². The minimum absolute atomic E-state index is 0.586. The van der Waals surface area contributed by atoms with E-state index in [0.717, 1.165) is 25.5 Å². The fraction of sp³-hybridized carbons (Fsp3) is 0. The Hall–Kier alpha value is -1.17. The van der Waals surface area contributed by atoms with Crippen molar-refractivity contribution in [3.05, 3.63) is 56.7 Å². The second kappa shape index (κ2) is 5.68. The average Bonchev–Trinajstić information content (AvgIpc) is 2.41. The number of fused-ring (bicyclic) bond motifs is 1. The lowest BCUT2D eigenvalue weighted by atomic mass is 10.2. The van der Waals surface area contributed by atoms with Gasteiger partial charge in [0.1, 0.15) is 5.82 Å². The van der Waals surface area contributed by atoms with Crippen LogP contribution in [0.5, 0.6) is 0 Å². The third-order valence-electron chi connectivity index (χ3n) is 2.74. The predicted octanol–water partition coefficient (Wildman–Crippen LogP) is 5.55. The van der Waals surface area contributed by atoms with Crippen LogP contribution in [0.1, 0.15) is 0 Å². The highest BCUT2D eigenvalue weighted by molar-refractivity contribution is 9.10. The van der Waals surface area contributed by atoms with Gasteiger partial charge in [-0.25, -0.2) is 4.98 Å². The number of nitrogens with one attached hydrogen (secondary N) is 1. The molecule has 100 valence electrons. The summed E-state index contributed by atoms with van der Waals surface area (Å²) in [5.41, 5.74) is 1.78. The Morgan fingerprint density at radius 2 is 1.90 bits per heavy atom. The molecule has 0 aliphatic heterocycles. The fourth-order valence-electron chi connectivity index (χ4n) is 1.87. The van der Waals surface area contributed by atoms with Gasteiger partial charge in [-0.1, -0.05) is 23.7 Å². The second-order valence-corrected chi connectivity index (χ2v) is 6.35. The zero-order valence-electron chi connectivity index (χ0n) is 10.1. The minimum atomic E-state index is 0.586. The molecule has 3 nitrogen and oxygen atoms in total. The Morgan fingerprint density at radius 3 is 2.70 bits per heavy atom. The van der Waals surface area contributed by atoms with Crippen LogP contribution in [0, 0.1) is 0 Å². The lowest BCUT2D eigenvalue weighted by Gasteiger charge is -2.10. The van der Waals surface area contributed by atoms with Crippen LogP contribution >= 0.6 is 43.5 Å². The number of rotatable bonds is 2. The van der Waals surface area contributed by atoms with Crippen molar-refractivity contribution in [1.29, 1.82) is 0 Å². The van der Waals surface area contributed by atoms with Crippen LogP contribution in [0.4, 0.5) is 11.5 Å². The molecule has 6 heteroatoms. The summed E-state index contributed by atoms with van der Waals surface area (Å²) >= 11 is 12.8. The number of benzene rings is 1. The van der Waals surface area contributed by atoms with Crippen molar-refractivity contribution in [1.82, 2.24) is 9.97 Å². The summed E-state index contributed by atoms with van der Waals surface area (Å²) in [6, 6.07) is 9.78. The Bertz CT molecular complexity index is 792. The third kappa shape index (κ3) is 2.80. The summed E-state index contributed by atoms with van der Waals surface area (Å²) in [6.45, 7) is 0. The van der Waals surface area contributed by atoms with E-state index in [1.54, 1.807) is 18.5 Å². The molecule has 1 aromatic carbocycles. The first-order valence-corrected chi connectivity index (χ1v) is 7.72. The molecule has 0 atom stereocenters. The van der Waals surface area contributed by atoms with Crippen LogP contribution < -0.4 is 5.32 Å². The maximum atomic E-state index is 5.89. The molecule has 0 saturated heterocycles. The zero-order valence-corrected chi connectivity index (χ0v) is 14.0. The number of nitrogens with zero attached hydrogens (tertiary/aromatic N) is 2. The van der Waals surface area contributed by atoms with Gasteiger partial charge in [-0.05, 0) is 50.1 Å². The van der Waals surface area contributed by atoms with Crippen LogP contribution in [-0.4, -0.2) is 9.97 Å². The lowest BCUT2D eigenvalue weighted by Crippen LogP contribution is -1.96. The normalized spacial score (nSPS) is 10.8. The molecule has 0 amide bonds. The van der Waals surface area contributed by atoms with E-state index in [-0.39, 0.29) is 0 Å². The molecule has 3 rings (SSSR count). The molecule has 0 aliphatic carbocycles. The van der Waals surface area contributed by atoms with Crippen LogP contribution in [0.3, 0.4) is 0 Å². The van der Waals surface area contributed by atoms with Crippen molar-refractivity contribution in [3.63, 3.8) is 0 Å². The van der Waals surface area contributed by atoms with Gasteiger partial charge >= 0.3 is 0 Å². The van der Waals surface area contributed by atoms with Gasteiger partial charge < -0.3 is 5.32 Å². The van der Waals surface area contributed by atoms with E-state index < -0.39 is 0 Å². The number of hydrogen-bond donors (Lipinski definition) is 1. The van der Waals surface area contributed by atoms with Gasteiger partial charge in [0.15, 0.2) is 0 Å². The van der Waals surface area contributed by atoms with E-state index in [1.807, 2.05) is 24.3 Å². The summed E-state index contributed by atoms with van der Waals surface area (Å²) in [5.74, 6) is 0.701. The molecule has 0 bridgehead atoms. The molecule has 0 aliphatic rings. The van der Waals surface area contributed by atoms with Crippen molar-refractivity contribution in [2.45, 2.75) is 0 Å². The van der Waals surface area contributed by atoms with Gasteiger partial charge in [0, 0.05) is 22.3 Å². The monoisotopic (exact) mass is 411 g/mol. The number of hydrogen-bond acceptors (Lipinski definition) is 3. The highest BCUT2D eigenvalue weighted by atomic mass is 79.9. The number of pyridine rings is 2. The first-order valence-electron chi connectivity index (χ1n) is 5.76. The maximum absolute atomic E-state index is 5.89. The molecule has 0 fully saturated rings. The maximum Gasteiger partial charge on any atom is 0.144 e. The highest BCUT2D eigenvalue weighted by Crippen LogP contribution is 2.30. The van der Waals surface area contributed by atoms with Crippen LogP contribution in [0.15, 0.2) is 51.7 Å². The second-order valence-electron chi connectivity index (χ2n) is 4.14. The van der Waals surface area contributed by atoms with Gasteiger partial charge in [-0.15, -0.1) is 0 Å². The highest BCUT2D eigenvalue weighted by Gasteiger charge is 2.07. The number of halogens is 3. The number of aromatic nitrogens is 2. The Morgan fingerprint density at radius 1 is 1.05 bits per heavy atom. The van der Waals surface area contributed by atoms with E-state index in [2.05, 4.69) is 47.1 Å². The SMILES string of the molecule is Clc1cnc(Nc2cccc3cc(Br)cnc23)c(Br)c1. The molecular weight excluding hydrogens is 405 g/mol. The van der Waals surface area contributed by atoms with Crippen molar-refractivity contribution in [2.24, 2.45) is 0 Å². The van der Waals surface area contributed by atoms with E-state index in [4.69, 9.17) is 11.6 Å². The van der Waals surface area contributed by atoms with Gasteiger partial charge in [-0.3, -0.25) is 4.98 Å². The summed E-state index contributed by atoms with van der Waals surface area (Å²) in [5, 5.41) is 4.90. The quantitative estimate of drug-likeness (QED) is 0.598. The molecule has 0 saturated carbocycles. The Balaban J connectivity index is 2.06. The van der Waals surface area contributed by atoms with Crippen molar-refractivity contribution in [3.8, 4) is 0 Å². The summed E-state index contributed by atoms with van der Waals surface area (Å²) in [4.78, 5) is 8.72. The molecular formula is C14H8Br2ClN3. The summed E-state index contributed by atoms with van der Waals surface area (Å²) < 4.78 is 1.76. The van der Waals surface area contributed by atoms with E-state index in [0.29, 0.717) is 10.8 Å². The van der Waals surface area contributed by atoms with Gasteiger partial charge in [-0.2, -0.15) is 0 Å². The smallest absolute Gasteiger partial charge is 0.144 e. The summed E-state index contributed by atoms with van der Waals surface area (Å²) in [6.07, 6.45) is 3.38. The lowest BCUT2D eigenvalue weighted by molar-refractivity contribution is 1.29. The van der Waals surface area contributed by atoms with Crippen molar-refractivity contribution >= 4 is 65.9 Å². The Kier molecular flexibility index (Phi) is 3.92. The molecule has 2 heterocycles. The topological polar surface area (TPSA) is 37.8 Å². The van der Waals surface area contributed by atoms with Crippen molar-refractivity contribution in [2.75, 3.05) is 5.32 Å². The Labute approximate surface area is 137 Å². The largest absolute Gasteiger partial charge is 0.338 e. The van der Waals surface area contributed by atoms with Crippen molar-refractivity contribution < 1.29 is 0 Å². The molecule has 0 radical (unpaired) electrons. The predicted molar refractivity (Wildman–Crippen MR) is 89.7 cm³/mol. The van der Waals surface area contributed by atoms with Crippen LogP contribution in [0.2, 0.25) is 5.02 Å². The average molecular weight is 414 g/mol. The number of para-hydroxylation sites is 1. The first kappa shape index (κ1) is 13.8. The minimum Gasteiger partial charge on any atom is -0.338 e. The van der Waals surface area contributed by atoms with E-state index in [1.165, 1.54) is 0 Å². The zero-order chi connectivity index (χ0) is 14.1. The van der Waals surface area contributed by atoms with Gasteiger partial charge in [0.25, 0.3) is 0 Å². The van der Waals surface area contributed by atoms with Crippen LogP contribution in [0.25, 0.3) is 10.9 Å². The fourth-order valence-corrected chi connectivity index (χ4v) is 2.96.